The summed E-state index contributed by atoms with van der Waals surface area (Å²) in [6.07, 6.45) is 1.96. The topological polar surface area (TPSA) is 37.8 Å². The highest BCUT2D eigenvalue weighted by Crippen LogP contribution is 2.30. The van der Waals surface area contributed by atoms with Crippen LogP contribution in [-0.4, -0.2) is 17.0 Å². The summed E-state index contributed by atoms with van der Waals surface area (Å²) in [7, 11) is 1.92. The molecule has 1 aromatic carbocycles. The third-order valence-electron chi connectivity index (χ3n) is 4.00. The number of aryl methyl sites for hydroxylation is 4. The molecular formula is C18H25N3. The second-order valence-electron chi connectivity index (χ2n) is 5.71. The molecule has 3 heteroatoms. The largest absolute Gasteiger partial charge is 0.373 e. The molecule has 0 amide bonds. The molecule has 1 N–H and O–H groups in total. The summed E-state index contributed by atoms with van der Waals surface area (Å²) < 4.78 is 0. The van der Waals surface area contributed by atoms with E-state index in [9.17, 15) is 0 Å². The molecule has 0 radical (unpaired) electrons. The van der Waals surface area contributed by atoms with E-state index in [0.29, 0.717) is 0 Å². The molecular weight excluding hydrogens is 258 g/mol. The maximum absolute atomic E-state index is 4.82. The van der Waals surface area contributed by atoms with Gasteiger partial charge in [0, 0.05) is 24.6 Å². The first-order valence-electron chi connectivity index (χ1n) is 7.61. The summed E-state index contributed by atoms with van der Waals surface area (Å²) in [5.74, 6) is 1.85. The van der Waals surface area contributed by atoms with Gasteiger partial charge in [0.2, 0.25) is 0 Å². The minimum atomic E-state index is 0.909. The lowest BCUT2D eigenvalue weighted by atomic mass is 9.96. The number of hydrogen-bond acceptors (Lipinski definition) is 3. The first-order chi connectivity index (χ1) is 9.97. The Kier molecular flexibility index (Phi) is 4.61. The third-order valence-corrected chi connectivity index (χ3v) is 4.00. The number of nitrogens with one attached hydrogen (secondary N) is 1. The second-order valence-corrected chi connectivity index (χ2v) is 5.71. The van der Waals surface area contributed by atoms with Gasteiger partial charge in [0.15, 0.2) is 0 Å². The van der Waals surface area contributed by atoms with Gasteiger partial charge in [-0.1, -0.05) is 13.0 Å². The Morgan fingerprint density at radius 2 is 1.62 bits per heavy atom. The predicted molar refractivity (Wildman–Crippen MR) is 90.0 cm³/mol. The van der Waals surface area contributed by atoms with E-state index in [-0.39, 0.29) is 0 Å². The van der Waals surface area contributed by atoms with Crippen LogP contribution >= 0.6 is 0 Å². The van der Waals surface area contributed by atoms with E-state index in [1.807, 2.05) is 7.05 Å². The van der Waals surface area contributed by atoms with Crippen molar-refractivity contribution in [3.05, 3.63) is 40.2 Å². The van der Waals surface area contributed by atoms with E-state index in [1.54, 1.807) is 0 Å². The molecule has 0 spiro atoms. The molecule has 1 heterocycles. The fraction of sp³-hybridized carbons (Fsp3) is 0.444. The quantitative estimate of drug-likeness (QED) is 0.905. The molecule has 0 fully saturated rings. The van der Waals surface area contributed by atoms with Gasteiger partial charge in [0.1, 0.15) is 11.6 Å². The number of benzene rings is 1. The zero-order chi connectivity index (χ0) is 15.6. The van der Waals surface area contributed by atoms with Crippen LogP contribution in [0.5, 0.6) is 0 Å². The Bertz CT molecular complexity index is 660. The Morgan fingerprint density at radius 3 is 2.24 bits per heavy atom. The van der Waals surface area contributed by atoms with Crippen molar-refractivity contribution in [2.75, 3.05) is 12.4 Å². The van der Waals surface area contributed by atoms with Crippen molar-refractivity contribution < 1.29 is 0 Å². The van der Waals surface area contributed by atoms with Gasteiger partial charge in [0.05, 0.1) is 5.69 Å². The Hall–Kier alpha value is -1.90. The molecule has 1 aromatic heterocycles. The number of rotatable bonds is 4. The van der Waals surface area contributed by atoms with Gasteiger partial charge in [-0.15, -0.1) is 0 Å². The van der Waals surface area contributed by atoms with Crippen molar-refractivity contribution >= 4 is 5.82 Å². The second kappa shape index (κ2) is 6.25. The first-order valence-corrected chi connectivity index (χ1v) is 7.61. The predicted octanol–water partition coefficient (Wildman–Crippen LogP) is 4.37. The Morgan fingerprint density at radius 1 is 0.952 bits per heavy atom. The summed E-state index contributed by atoms with van der Waals surface area (Å²) in [5.41, 5.74) is 7.28. The van der Waals surface area contributed by atoms with Crippen molar-refractivity contribution in [3.63, 3.8) is 0 Å². The summed E-state index contributed by atoms with van der Waals surface area (Å²) >= 11 is 0. The zero-order valence-electron chi connectivity index (χ0n) is 14.0. The number of aromatic nitrogens is 2. The lowest BCUT2D eigenvalue weighted by molar-refractivity contribution is 0.834. The van der Waals surface area contributed by atoms with Crippen molar-refractivity contribution in [2.24, 2.45) is 0 Å². The molecule has 0 aliphatic carbocycles. The molecule has 0 atom stereocenters. The minimum Gasteiger partial charge on any atom is -0.373 e. The van der Waals surface area contributed by atoms with Crippen LogP contribution < -0.4 is 5.32 Å². The van der Waals surface area contributed by atoms with Crippen molar-refractivity contribution in [1.29, 1.82) is 0 Å². The molecule has 0 saturated heterocycles. The van der Waals surface area contributed by atoms with E-state index >= 15 is 0 Å². The van der Waals surface area contributed by atoms with Gasteiger partial charge in [-0.2, -0.15) is 0 Å². The smallest absolute Gasteiger partial charge is 0.132 e. The lowest BCUT2D eigenvalue weighted by Crippen LogP contribution is -2.06. The van der Waals surface area contributed by atoms with Crippen LogP contribution in [0.2, 0.25) is 0 Å². The maximum Gasteiger partial charge on any atom is 0.132 e. The molecule has 112 valence electrons. The summed E-state index contributed by atoms with van der Waals surface area (Å²) in [6.45, 7) is 10.7. The van der Waals surface area contributed by atoms with Crippen LogP contribution in [-0.2, 0) is 6.42 Å². The monoisotopic (exact) mass is 283 g/mol. The van der Waals surface area contributed by atoms with Gasteiger partial charge < -0.3 is 5.32 Å². The average Bonchev–Trinajstić information content (AvgIpc) is 2.45. The molecule has 2 rings (SSSR count). The highest BCUT2D eigenvalue weighted by atomic mass is 15.0. The van der Waals surface area contributed by atoms with Crippen molar-refractivity contribution in [1.82, 2.24) is 9.97 Å². The van der Waals surface area contributed by atoms with Gasteiger partial charge in [-0.05, 0) is 56.9 Å². The molecule has 0 bridgehead atoms. The van der Waals surface area contributed by atoms with Gasteiger partial charge >= 0.3 is 0 Å². The Labute approximate surface area is 127 Å². The number of hydrogen-bond donors (Lipinski definition) is 1. The van der Waals surface area contributed by atoms with E-state index in [4.69, 9.17) is 4.98 Å². The molecule has 0 aliphatic rings. The average molecular weight is 283 g/mol. The lowest BCUT2D eigenvalue weighted by Gasteiger charge is -2.15. The van der Waals surface area contributed by atoms with E-state index in [2.05, 4.69) is 57.1 Å². The van der Waals surface area contributed by atoms with Crippen LogP contribution in [0.15, 0.2) is 12.1 Å². The highest BCUT2D eigenvalue weighted by Gasteiger charge is 2.14. The maximum atomic E-state index is 4.82. The molecule has 0 saturated carbocycles. The van der Waals surface area contributed by atoms with Crippen LogP contribution in [0.25, 0.3) is 11.3 Å². The molecule has 21 heavy (non-hydrogen) atoms. The molecule has 3 nitrogen and oxygen atoms in total. The van der Waals surface area contributed by atoms with Crippen LogP contribution in [0.4, 0.5) is 5.82 Å². The van der Waals surface area contributed by atoms with Crippen LogP contribution in [0.3, 0.4) is 0 Å². The van der Waals surface area contributed by atoms with Gasteiger partial charge in [-0.3, -0.25) is 0 Å². The van der Waals surface area contributed by atoms with E-state index in [1.165, 1.54) is 22.3 Å². The fourth-order valence-electron chi connectivity index (χ4n) is 2.62. The zero-order valence-corrected chi connectivity index (χ0v) is 14.0. The van der Waals surface area contributed by atoms with E-state index in [0.717, 1.165) is 35.7 Å². The van der Waals surface area contributed by atoms with Crippen molar-refractivity contribution in [3.8, 4) is 11.3 Å². The summed E-state index contributed by atoms with van der Waals surface area (Å²) in [6, 6.07) is 4.49. The minimum absolute atomic E-state index is 0.909. The Balaban J connectivity index is 2.67. The van der Waals surface area contributed by atoms with Crippen LogP contribution in [0, 0.1) is 27.7 Å². The first kappa shape index (κ1) is 15.5. The standard InChI is InChI=1S/C18H25N3/c1-7-8-16-20-17(14(5)18(19-6)21-16)15-10-12(3)11(2)9-13(15)4/h9-10H,7-8H2,1-6H3,(H,19,20,21). The number of anilines is 1. The normalized spacial score (nSPS) is 10.8. The van der Waals surface area contributed by atoms with Crippen LogP contribution in [0.1, 0.15) is 41.4 Å². The molecule has 2 aromatic rings. The highest BCUT2D eigenvalue weighted by molar-refractivity contribution is 5.72. The molecule has 0 aliphatic heterocycles. The molecule has 0 unspecified atom stereocenters. The van der Waals surface area contributed by atoms with Gasteiger partial charge in [0.25, 0.3) is 0 Å². The summed E-state index contributed by atoms with van der Waals surface area (Å²) in [4.78, 5) is 9.44. The fourth-order valence-corrected chi connectivity index (χ4v) is 2.62. The van der Waals surface area contributed by atoms with Crippen molar-refractivity contribution in [2.45, 2.75) is 47.5 Å². The number of nitrogens with zero attached hydrogens (tertiary/aromatic N) is 2. The third kappa shape index (κ3) is 3.07. The van der Waals surface area contributed by atoms with Gasteiger partial charge in [-0.25, -0.2) is 9.97 Å². The SMILES string of the molecule is CCCc1nc(NC)c(C)c(-c2cc(C)c(C)cc2C)n1. The summed E-state index contributed by atoms with van der Waals surface area (Å²) in [5, 5.41) is 3.20. The van der Waals surface area contributed by atoms with E-state index < -0.39 is 0 Å².